The number of nitrogens with one attached hydrogen (secondary N) is 1. The molecule has 2 aromatic heterocycles. The fourth-order valence-corrected chi connectivity index (χ4v) is 4.04. The third-order valence-electron chi connectivity index (χ3n) is 5.25. The second-order valence-corrected chi connectivity index (χ2v) is 8.14. The Hall–Kier alpha value is -2.87. The molecule has 0 bridgehead atoms. The van der Waals surface area contributed by atoms with Crippen molar-refractivity contribution < 1.29 is 0 Å². The molecule has 29 heavy (non-hydrogen) atoms. The Morgan fingerprint density at radius 1 is 1.07 bits per heavy atom. The van der Waals surface area contributed by atoms with Gasteiger partial charge in [0.1, 0.15) is 12.4 Å². The Bertz CT molecular complexity index is 925. The number of anilines is 1. The number of aliphatic imine (C=N–C) groups is 1. The van der Waals surface area contributed by atoms with Gasteiger partial charge in [-0.1, -0.05) is 24.3 Å². The van der Waals surface area contributed by atoms with Crippen LogP contribution in [0.4, 0.5) is 5.69 Å². The van der Waals surface area contributed by atoms with Crippen molar-refractivity contribution in [1.82, 2.24) is 25.0 Å². The third-order valence-corrected chi connectivity index (χ3v) is 6.13. The van der Waals surface area contributed by atoms with E-state index in [-0.39, 0.29) is 0 Å². The van der Waals surface area contributed by atoms with E-state index in [0.717, 1.165) is 50.3 Å². The average molecular weight is 410 g/mol. The monoisotopic (exact) mass is 409 g/mol. The number of para-hydroxylation sites is 1. The van der Waals surface area contributed by atoms with E-state index in [4.69, 9.17) is 4.99 Å². The van der Waals surface area contributed by atoms with Crippen LogP contribution in [0.15, 0.2) is 52.8 Å². The Kier molecular flexibility index (Phi) is 6.09. The molecule has 0 unspecified atom stereocenters. The van der Waals surface area contributed by atoms with Gasteiger partial charge in [0.2, 0.25) is 0 Å². The number of thiophene rings is 1. The number of hydrogen-bond donors (Lipinski definition) is 1. The van der Waals surface area contributed by atoms with Gasteiger partial charge in [0.25, 0.3) is 0 Å². The molecule has 8 heteroatoms. The largest absolute Gasteiger partial charge is 0.368 e. The first-order valence-electron chi connectivity index (χ1n) is 9.91. The highest BCUT2D eigenvalue weighted by Crippen LogP contribution is 2.16. The number of hydrogen-bond acceptors (Lipinski definition) is 5. The van der Waals surface area contributed by atoms with Gasteiger partial charge < -0.3 is 19.7 Å². The highest BCUT2D eigenvalue weighted by molar-refractivity contribution is 7.09. The number of rotatable bonds is 5. The van der Waals surface area contributed by atoms with Gasteiger partial charge in [0.05, 0.1) is 6.54 Å². The van der Waals surface area contributed by atoms with E-state index in [1.54, 1.807) is 11.3 Å². The van der Waals surface area contributed by atoms with Crippen LogP contribution in [0.1, 0.15) is 16.5 Å². The Morgan fingerprint density at radius 2 is 1.86 bits per heavy atom. The van der Waals surface area contributed by atoms with Crippen molar-refractivity contribution in [3.8, 4) is 0 Å². The smallest absolute Gasteiger partial charge is 0.194 e. The van der Waals surface area contributed by atoms with Crippen LogP contribution in [0.25, 0.3) is 0 Å². The topological polar surface area (TPSA) is 61.6 Å². The summed E-state index contributed by atoms with van der Waals surface area (Å²) in [6.45, 7) is 7.08. The zero-order chi connectivity index (χ0) is 20.1. The van der Waals surface area contributed by atoms with Crippen LogP contribution in [0.2, 0.25) is 0 Å². The van der Waals surface area contributed by atoms with Crippen LogP contribution < -0.4 is 10.2 Å². The lowest BCUT2D eigenvalue weighted by Gasteiger charge is -2.37. The van der Waals surface area contributed by atoms with Gasteiger partial charge in [-0.25, -0.2) is 4.99 Å². The molecule has 0 saturated carbocycles. The molecule has 1 aromatic carbocycles. The normalized spacial score (nSPS) is 15.0. The van der Waals surface area contributed by atoms with Crippen LogP contribution in [0.3, 0.4) is 0 Å². The highest BCUT2D eigenvalue weighted by Gasteiger charge is 2.20. The predicted molar refractivity (Wildman–Crippen MR) is 118 cm³/mol. The summed E-state index contributed by atoms with van der Waals surface area (Å²) >= 11 is 1.76. The first-order chi connectivity index (χ1) is 14.2. The molecule has 0 radical (unpaired) electrons. The number of guanidine groups is 1. The van der Waals surface area contributed by atoms with Crippen LogP contribution in [-0.2, 0) is 20.1 Å². The van der Waals surface area contributed by atoms with Crippen LogP contribution >= 0.6 is 11.3 Å². The number of aromatic nitrogens is 3. The van der Waals surface area contributed by atoms with Gasteiger partial charge in [-0.2, -0.15) is 0 Å². The second-order valence-electron chi connectivity index (χ2n) is 7.10. The average Bonchev–Trinajstić information content (AvgIpc) is 3.40. The Morgan fingerprint density at radius 3 is 2.52 bits per heavy atom. The molecule has 1 aliphatic rings. The van der Waals surface area contributed by atoms with Gasteiger partial charge in [0, 0.05) is 43.8 Å². The maximum atomic E-state index is 4.88. The summed E-state index contributed by atoms with van der Waals surface area (Å²) in [5.41, 5.74) is 1.28. The van der Waals surface area contributed by atoms with Crippen molar-refractivity contribution in [3.05, 3.63) is 64.4 Å². The Balaban J connectivity index is 1.44. The zero-order valence-electron chi connectivity index (χ0n) is 17.0. The summed E-state index contributed by atoms with van der Waals surface area (Å²) in [7, 11) is 1.98. The molecule has 1 saturated heterocycles. The van der Waals surface area contributed by atoms with Crippen molar-refractivity contribution in [1.29, 1.82) is 0 Å². The van der Waals surface area contributed by atoms with Crippen LogP contribution in [0, 0.1) is 6.92 Å². The molecule has 0 aliphatic carbocycles. The van der Waals surface area contributed by atoms with Crippen LogP contribution in [-0.4, -0.2) is 51.8 Å². The van der Waals surface area contributed by atoms with Crippen molar-refractivity contribution >= 4 is 23.0 Å². The summed E-state index contributed by atoms with van der Waals surface area (Å²) < 4.78 is 1.99. The maximum absolute atomic E-state index is 4.88. The summed E-state index contributed by atoms with van der Waals surface area (Å²) in [4.78, 5) is 11.0. The minimum absolute atomic E-state index is 0.517. The van der Waals surface area contributed by atoms with Gasteiger partial charge >= 0.3 is 0 Å². The van der Waals surface area contributed by atoms with Gasteiger partial charge in [-0.3, -0.25) is 0 Å². The molecule has 1 fully saturated rings. The van der Waals surface area contributed by atoms with Crippen molar-refractivity contribution in [2.75, 3.05) is 31.1 Å². The molecule has 7 nitrogen and oxygen atoms in total. The van der Waals surface area contributed by atoms with E-state index < -0.39 is 0 Å². The number of nitrogens with zero attached hydrogens (tertiary/aromatic N) is 6. The SMILES string of the molecule is Cc1nnc(CN=C(NCc2cccs2)N2CCN(c3ccccc3)CC2)n1C. The minimum Gasteiger partial charge on any atom is -0.368 e. The van der Waals surface area contributed by atoms with E-state index in [1.165, 1.54) is 10.6 Å². The van der Waals surface area contributed by atoms with E-state index in [1.807, 2.05) is 18.5 Å². The van der Waals surface area contributed by atoms with Crippen molar-refractivity contribution in [3.63, 3.8) is 0 Å². The van der Waals surface area contributed by atoms with Gasteiger partial charge in [-0.15, -0.1) is 21.5 Å². The minimum atomic E-state index is 0.517. The molecule has 1 N–H and O–H groups in total. The number of benzene rings is 1. The lowest BCUT2D eigenvalue weighted by molar-refractivity contribution is 0.371. The molecular formula is C21H27N7S. The van der Waals surface area contributed by atoms with Crippen molar-refractivity contribution in [2.45, 2.75) is 20.0 Å². The van der Waals surface area contributed by atoms with Gasteiger partial charge in [0.15, 0.2) is 11.8 Å². The van der Waals surface area contributed by atoms with Crippen molar-refractivity contribution in [2.24, 2.45) is 12.0 Å². The first-order valence-corrected chi connectivity index (χ1v) is 10.8. The summed E-state index contributed by atoms with van der Waals surface area (Å²) in [5.74, 6) is 2.72. The third kappa shape index (κ3) is 4.76. The van der Waals surface area contributed by atoms with E-state index >= 15 is 0 Å². The fraction of sp³-hybridized carbons (Fsp3) is 0.381. The standard InChI is InChI=1S/C21H27N7S/c1-17-24-25-20(26(17)2)16-23-21(22-15-19-9-6-14-29-19)28-12-10-27(11-13-28)18-7-4-3-5-8-18/h3-9,14H,10-13,15-16H2,1-2H3,(H,22,23). The molecule has 1 aliphatic heterocycles. The van der Waals surface area contributed by atoms with E-state index in [2.05, 4.69) is 73.2 Å². The lowest BCUT2D eigenvalue weighted by atomic mass is 10.2. The fourth-order valence-electron chi connectivity index (χ4n) is 3.40. The van der Waals surface area contributed by atoms with E-state index in [0.29, 0.717) is 6.54 Å². The molecule has 3 aromatic rings. The lowest BCUT2D eigenvalue weighted by Crippen LogP contribution is -2.52. The summed E-state index contributed by atoms with van der Waals surface area (Å²) in [5, 5.41) is 14.0. The quantitative estimate of drug-likeness (QED) is 0.519. The molecule has 3 heterocycles. The van der Waals surface area contributed by atoms with E-state index in [9.17, 15) is 0 Å². The molecule has 4 rings (SSSR count). The molecule has 152 valence electrons. The molecule has 0 amide bonds. The number of piperazine rings is 1. The molecular weight excluding hydrogens is 382 g/mol. The highest BCUT2D eigenvalue weighted by atomic mass is 32.1. The molecule has 0 atom stereocenters. The predicted octanol–water partition coefficient (Wildman–Crippen LogP) is 2.65. The summed E-state index contributed by atoms with van der Waals surface area (Å²) in [6.07, 6.45) is 0. The summed E-state index contributed by atoms with van der Waals surface area (Å²) in [6, 6.07) is 14.8. The number of aryl methyl sites for hydroxylation is 1. The van der Waals surface area contributed by atoms with Gasteiger partial charge in [-0.05, 0) is 30.5 Å². The zero-order valence-corrected chi connectivity index (χ0v) is 17.8. The van der Waals surface area contributed by atoms with Crippen LogP contribution in [0.5, 0.6) is 0 Å². The molecule has 0 spiro atoms. The second kappa shape index (κ2) is 9.09. The Labute approximate surface area is 175 Å². The maximum Gasteiger partial charge on any atom is 0.194 e. The first kappa shape index (κ1) is 19.4.